The van der Waals surface area contributed by atoms with Crippen LogP contribution in [0.1, 0.15) is 22.8 Å². The van der Waals surface area contributed by atoms with E-state index >= 15 is 0 Å². The van der Waals surface area contributed by atoms with E-state index in [2.05, 4.69) is 10.6 Å². The molecule has 1 amide bonds. The lowest BCUT2D eigenvalue weighted by Gasteiger charge is -2.09. The van der Waals surface area contributed by atoms with E-state index in [1.165, 1.54) is 0 Å². The predicted molar refractivity (Wildman–Crippen MR) is 67.8 cm³/mol. The average Bonchev–Trinajstić information content (AvgIpc) is 2.38. The van der Waals surface area contributed by atoms with Crippen molar-refractivity contribution in [1.82, 2.24) is 10.6 Å². The minimum Gasteiger partial charge on any atom is -0.396 e. The molecule has 4 nitrogen and oxygen atoms in total. The highest BCUT2D eigenvalue weighted by molar-refractivity contribution is 5.93. The standard InChI is InChI=1S/C13H20N2O2/c1-10(9-16)7-15-8-11-3-5-12(6-4-11)13(17)14-2/h3-6,10,15-16H,7-9H2,1-2H3,(H,14,17). The number of amides is 1. The van der Waals surface area contributed by atoms with Gasteiger partial charge in [-0.2, -0.15) is 0 Å². The van der Waals surface area contributed by atoms with Gasteiger partial charge in [0.05, 0.1) is 0 Å². The molecule has 0 saturated carbocycles. The number of carbonyl (C=O) groups excluding carboxylic acids is 1. The molecule has 0 aliphatic carbocycles. The number of aliphatic hydroxyl groups is 1. The van der Waals surface area contributed by atoms with Crippen LogP contribution in [0.15, 0.2) is 24.3 Å². The quantitative estimate of drug-likeness (QED) is 0.683. The predicted octanol–water partition coefficient (Wildman–Crippen LogP) is 0.764. The molecule has 0 aromatic heterocycles. The van der Waals surface area contributed by atoms with E-state index in [9.17, 15) is 4.79 Å². The first-order chi connectivity index (χ1) is 8.17. The molecule has 17 heavy (non-hydrogen) atoms. The number of carbonyl (C=O) groups is 1. The Labute approximate surface area is 102 Å². The van der Waals surface area contributed by atoms with E-state index in [0.717, 1.165) is 18.7 Å². The molecule has 1 aromatic rings. The van der Waals surface area contributed by atoms with E-state index in [4.69, 9.17) is 5.11 Å². The Bertz CT molecular complexity index is 349. The third-order valence-corrected chi connectivity index (χ3v) is 2.58. The van der Waals surface area contributed by atoms with E-state index in [-0.39, 0.29) is 18.4 Å². The zero-order valence-corrected chi connectivity index (χ0v) is 10.4. The summed E-state index contributed by atoms with van der Waals surface area (Å²) in [5.41, 5.74) is 1.79. The Morgan fingerprint density at radius 1 is 1.35 bits per heavy atom. The monoisotopic (exact) mass is 236 g/mol. The van der Waals surface area contributed by atoms with Crippen LogP contribution >= 0.6 is 0 Å². The fourth-order valence-corrected chi connectivity index (χ4v) is 1.45. The third-order valence-electron chi connectivity index (χ3n) is 2.58. The molecule has 3 N–H and O–H groups in total. The molecule has 0 radical (unpaired) electrons. The minimum atomic E-state index is -0.0709. The maximum atomic E-state index is 11.3. The molecule has 0 aliphatic rings. The first-order valence-corrected chi connectivity index (χ1v) is 5.80. The maximum absolute atomic E-state index is 11.3. The molecule has 4 heteroatoms. The molecule has 0 heterocycles. The van der Waals surface area contributed by atoms with Crippen LogP contribution in [-0.4, -0.2) is 31.2 Å². The van der Waals surface area contributed by atoms with Crippen molar-refractivity contribution in [2.75, 3.05) is 20.2 Å². The Balaban J connectivity index is 2.43. The van der Waals surface area contributed by atoms with Crippen molar-refractivity contribution in [3.8, 4) is 0 Å². The van der Waals surface area contributed by atoms with Crippen molar-refractivity contribution in [2.45, 2.75) is 13.5 Å². The lowest BCUT2D eigenvalue weighted by Crippen LogP contribution is -2.23. The van der Waals surface area contributed by atoms with Crippen LogP contribution in [0.4, 0.5) is 0 Å². The molecule has 94 valence electrons. The minimum absolute atomic E-state index is 0.0709. The maximum Gasteiger partial charge on any atom is 0.251 e. The highest BCUT2D eigenvalue weighted by Gasteiger charge is 2.02. The molecule has 1 rings (SSSR count). The summed E-state index contributed by atoms with van der Waals surface area (Å²) in [6.07, 6.45) is 0. The van der Waals surface area contributed by atoms with Gasteiger partial charge >= 0.3 is 0 Å². The number of rotatable bonds is 6. The van der Waals surface area contributed by atoms with Crippen LogP contribution in [0.5, 0.6) is 0 Å². The number of hydrogen-bond acceptors (Lipinski definition) is 3. The molecular weight excluding hydrogens is 216 g/mol. The Morgan fingerprint density at radius 3 is 2.53 bits per heavy atom. The molecule has 0 spiro atoms. The highest BCUT2D eigenvalue weighted by atomic mass is 16.3. The summed E-state index contributed by atoms with van der Waals surface area (Å²) >= 11 is 0. The molecular formula is C13H20N2O2. The third kappa shape index (κ3) is 4.54. The van der Waals surface area contributed by atoms with Crippen LogP contribution in [0.2, 0.25) is 0 Å². The second-order valence-electron chi connectivity index (χ2n) is 4.19. The largest absolute Gasteiger partial charge is 0.396 e. The topological polar surface area (TPSA) is 61.4 Å². The summed E-state index contributed by atoms with van der Waals surface area (Å²) in [6.45, 7) is 3.72. The van der Waals surface area contributed by atoms with Gasteiger partial charge in [0.25, 0.3) is 5.91 Å². The van der Waals surface area contributed by atoms with Crippen molar-refractivity contribution in [1.29, 1.82) is 0 Å². The van der Waals surface area contributed by atoms with Gasteiger partial charge in [-0.3, -0.25) is 4.79 Å². The zero-order valence-electron chi connectivity index (χ0n) is 10.4. The van der Waals surface area contributed by atoms with Gasteiger partial charge in [0.15, 0.2) is 0 Å². The van der Waals surface area contributed by atoms with Gasteiger partial charge in [0.2, 0.25) is 0 Å². The van der Waals surface area contributed by atoms with E-state index in [1.807, 2.05) is 31.2 Å². The van der Waals surface area contributed by atoms with Crippen molar-refractivity contribution >= 4 is 5.91 Å². The average molecular weight is 236 g/mol. The van der Waals surface area contributed by atoms with Gasteiger partial charge in [-0.15, -0.1) is 0 Å². The van der Waals surface area contributed by atoms with Gasteiger partial charge < -0.3 is 15.7 Å². The SMILES string of the molecule is CNC(=O)c1ccc(CNCC(C)CO)cc1. The summed E-state index contributed by atoms with van der Waals surface area (Å²) in [7, 11) is 1.62. The van der Waals surface area contributed by atoms with E-state index in [1.54, 1.807) is 7.05 Å². The summed E-state index contributed by atoms with van der Waals surface area (Å²) in [6, 6.07) is 7.49. The number of aliphatic hydroxyl groups excluding tert-OH is 1. The van der Waals surface area contributed by atoms with Gasteiger partial charge in [-0.1, -0.05) is 19.1 Å². The number of benzene rings is 1. The van der Waals surface area contributed by atoms with E-state index in [0.29, 0.717) is 5.56 Å². The molecule has 0 fully saturated rings. The second-order valence-corrected chi connectivity index (χ2v) is 4.19. The zero-order chi connectivity index (χ0) is 12.7. The number of nitrogens with one attached hydrogen (secondary N) is 2. The molecule has 1 aromatic carbocycles. The Hall–Kier alpha value is -1.39. The molecule has 1 atom stereocenters. The summed E-state index contributed by atoms with van der Waals surface area (Å²) in [5.74, 6) is 0.193. The summed E-state index contributed by atoms with van der Waals surface area (Å²) < 4.78 is 0. The Kier molecular flexibility index (Phi) is 5.66. The van der Waals surface area contributed by atoms with Gasteiger partial charge in [-0.25, -0.2) is 0 Å². The molecule has 0 bridgehead atoms. The smallest absolute Gasteiger partial charge is 0.251 e. The van der Waals surface area contributed by atoms with Crippen LogP contribution in [0, 0.1) is 5.92 Å². The van der Waals surface area contributed by atoms with Crippen LogP contribution in [0.3, 0.4) is 0 Å². The fourth-order valence-electron chi connectivity index (χ4n) is 1.45. The van der Waals surface area contributed by atoms with Crippen molar-refractivity contribution < 1.29 is 9.90 Å². The Morgan fingerprint density at radius 2 is 2.00 bits per heavy atom. The van der Waals surface area contributed by atoms with Crippen molar-refractivity contribution in [3.05, 3.63) is 35.4 Å². The first kappa shape index (κ1) is 13.7. The molecule has 0 aliphatic heterocycles. The molecule has 1 unspecified atom stereocenters. The van der Waals surface area contributed by atoms with Crippen LogP contribution in [-0.2, 0) is 6.54 Å². The van der Waals surface area contributed by atoms with Crippen LogP contribution in [0.25, 0.3) is 0 Å². The highest BCUT2D eigenvalue weighted by Crippen LogP contribution is 2.04. The first-order valence-electron chi connectivity index (χ1n) is 5.80. The number of hydrogen-bond donors (Lipinski definition) is 3. The van der Waals surface area contributed by atoms with Gasteiger partial charge in [0.1, 0.15) is 0 Å². The van der Waals surface area contributed by atoms with E-state index < -0.39 is 0 Å². The normalized spacial score (nSPS) is 12.2. The second kappa shape index (κ2) is 7.04. The lowest BCUT2D eigenvalue weighted by molar-refractivity contribution is 0.0963. The summed E-state index contributed by atoms with van der Waals surface area (Å²) in [5, 5.41) is 14.7. The van der Waals surface area contributed by atoms with Gasteiger partial charge in [-0.05, 0) is 23.6 Å². The van der Waals surface area contributed by atoms with Gasteiger partial charge in [0, 0.05) is 32.3 Å². The molecule has 0 saturated heterocycles. The fraction of sp³-hybridized carbons (Fsp3) is 0.462. The van der Waals surface area contributed by atoms with Crippen LogP contribution < -0.4 is 10.6 Å². The van der Waals surface area contributed by atoms with Crippen molar-refractivity contribution in [3.63, 3.8) is 0 Å². The lowest BCUT2D eigenvalue weighted by atomic mass is 10.1. The summed E-state index contributed by atoms with van der Waals surface area (Å²) in [4.78, 5) is 11.3. The van der Waals surface area contributed by atoms with Crippen molar-refractivity contribution in [2.24, 2.45) is 5.92 Å².